The van der Waals surface area contributed by atoms with Crippen LogP contribution in [0, 0.1) is 0 Å². The van der Waals surface area contributed by atoms with Gasteiger partial charge in [-0.3, -0.25) is 4.98 Å². The fourth-order valence-electron chi connectivity index (χ4n) is 2.81. The van der Waals surface area contributed by atoms with Crippen molar-refractivity contribution in [3.05, 3.63) is 48.1 Å². The predicted molar refractivity (Wildman–Crippen MR) is 88.8 cm³/mol. The number of thiazole rings is 1. The molecular weight excluding hydrogens is 310 g/mol. The molecule has 3 aromatic heterocycles. The van der Waals surface area contributed by atoms with Crippen LogP contribution in [0.5, 0.6) is 0 Å². The fourth-order valence-corrected chi connectivity index (χ4v) is 3.33. The first-order valence-corrected chi connectivity index (χ1v) is 8.31. The lowest BCUT2D eigenvalue weighted by Gasteiger charge is -2.25. The highest BCUT2D eigenvalue weighted by Crippen LogP contribution is 2.36. The van der Waals surface area contributed by atoms with Crippen LogP contribution in [0.1, 0.15) is 24.6 Å². The Balaban J connectivity index is 1.67. The minimum atomic E-state index is 0.119. The summed E-state index contributed by atoms with van der Waals surface area (Å²) in [5, 5.41) is 6.01. The highest BCUT2D eigenvalue weighted by atomic mass is 32.1. The van der Waals surface area contributed by atoms with Gasteiger partial charge < -0.3 is 10.2 Å². The van der Waals surface area contributed by atoms with Gasteiger partial charge in [-0.2, -0.15) is 0 Å². The third-order valence-corrected chi connectivity index (χ3v) is 4.45. The summed E-state index contributed by atoms with van der Waals surface area (Å²) in [5.74, 6) is 1.48. The fraction of sp³-hybridized carbons (Fsp3) is 0.267. The number of hydrogen-bond acceptors (Lipinski definition) is 8. The molecule has 0 radical (unpaired) electrons. The lowest BCUT2D eigenvalue weighted by molar-refractivity contribution is 0.677. The van der Waals surface area contributed by atoms with Gasteiger partial charge in [0.05, 0.1) is 6.04 Å². The average molecular weight is 325 g/mol. The van der Waals surface area contributed by atoms with Crippen LogP contribution in [0.15, 0.2) is 42.4 Å². The number of anilines is 3. The van der Waals surface area contributed by atoms with E-state index in [0.29, 0.717) is 0 Å². The van der Waals surface area contributed by atoms with Crippen LogP contribution in [-0.4, -0.2) is 31.5 Å². The van der Waals surface area contributed by atoms with E-state index in [1.54, 1.807) is 31.0 Å². The summed E-state index contributed by atoms with van der Waals surface area (Å²) in [6, 6.07) is 1.94. The van der Waals surface area contributed by atoms with Crippen molar-refractivity contribution >= 4 is 28.2 Å². The minimum Gasteiger partial charge on any atom is -0.332 e. The van der Waals surface area contributed by atoms with E-state index >= 15 is 0 Å². The van der Waals surface area contributed by atoms with E-state index in [9.17, 15) is 0 Å². The number of nitrogens with one attached hydrogen (secondary N) is 1. The molecule has 0 amide bonds. The standard InChI is InChI=1S/C15H15N7S/c1-3-11(22(9-1)14-18-4-2-5-19-14)12-13(17-7-6-16-12)21-15-20-8-10-23-15/h2,4-8,10-11H,1,3,9H2,(H,17,20,21)/t11-/m0/s1. The van der Waals surface area contributed by atoms with E-state index in [4.69, 9.17) is 0 Å². The first-order valence-electron chi connectivity index (χ1n) is 7.43. The summed E-state index contributed by atoms with van der Waals surface area (Å²) >= 11 is 1.54. The van der Waals surface area contributed by atoms with Gasteiger partial charge in [-0.1, -0.05) is 0 Å². The van der Waals surface area contributed by atoms with Crippen molar-refractivity contribution in [1.82, 2.24) is 24.9 Å². The molecule has 3 aromatic rings. The third kappa shape index (κ3) is 2.85. The van der Waals surface area contributed by atoms with Crippen LogP contribution < -0.4 is 10.2 Å². The Morgan fingerprint density at radius 2 is 1.87 bits per heavy atom. The normalized spacial score (nSPS) is 17.4. The molecule has 1 atom stereocenters. The molecule has 7 nitrogen and oxygen atoms in total. The van der Waals surface area contributed by atoms with E-state index in [1.807, 2.05) is 11.4 Å². The average Bonchev–Trinajstić information content (AvgIpc) is 3.28. The Bertz CT molecular complexity index is 763. The van der Waals surface area contributed by atoms with Gasteiger partial charge in [-0.15, -0.1) is 11.3 Å². The van der Waals surface area contributed by atoms with E-state index in [2.05, 4.69) is 35.1 Å². The maximum atomic E-state index is 4.57. The van der Waals surface area contributed by atoms with Gasteiger partial charge in [0.15, 0.2) is 10.9 Å². The maximum absolute atomic E-state index is 4.57. The molecule has 0 unspecified atom stereocenters. The molecule has 8 heteroatoms. The van der Waals surface area contributed by atoms with Gasteiger partial charge in [0.1, 0.15) is 5.69 Å². The largest absolute Gasteiger partial charge is 0.332 e. The van der Waals surface area contributed by atoms with E-state index in [1.165, 1.54) is 11.3 Å². The SMILES string of the molecule is c1cnc(N2CCC[C@H]2c2nccnc2Nc2nccs2)nc1. The third-order valence-electron chi connectivity index (χ3n) is 3.76. The Labute approximate surface area is 137 Å². The highest BCUT2D eigenvalue weighted by molar-refractivity contribution is 7.13. The zero-order valence-corrected chi connectivity index (χ0v) is 13.1. The zero-order valence-electron chi connectivity index (χ0n) is 12.3. The quantitative estimate of drug-likeness (QED) is 0.790. The highest BCUT2D eigenvalue weighted by Gasteiger charge is 2.31. The van der Waals surface area contributed by atoms with Gasteiger partial charge in [-0.25, -0.2) is 19.9 Å². The monoisotopic (exact) mass is 325 g/mol. The van der Waals surface area contributed by atoms with Crippen molar-refractivity contribution in [3.8, 4) is 0 Å². The van der Waals surface area contributed by atoms with Crippen molar-refractivity contribution in [2.24, 2.45) is 0 Å². The number of nitrogens with zero attached hydrogens (tertiary/aromatic N) is 6. The Kier molecular flexibility index (Phi) is 3.81. The second-order valence-electron chi connectivity index (χ2n) is 5.15. The molecular formula is C15H15N7S. The molecule has 1 aliphatic heterocycles. The molecule has 0 aliphatic carbocycles. The van der Waals surface area contributed by atoms with Crippen LogP contribution >= 0.6 is 11.3 Å². The van der Waals surface area contributed by atoms with Crippen LogP contribution in [0.2, 0.25) is 0 Å². The molecule has 0 saturated carbocycles. The van der Waals surface area contributed by atoms with E-state index < -0.39 is 0 Å². The van der Waals surface area contributed by atoms with Crippen LogP contribution in [0.3, 0.4) is 0 Å². The smallest absolute Gasteiger partial charge is 0.225 e. The molecule has 0 spiro atoms. The number of hydrogen-bond donors (Lipinski definition) is 1. The van der Waals surface area contributed by atoms with Crippen molar-refractivity contribution in [2.45, 2.75) is 18.9 Å². The lowest BCUT2D eigenvalue weighted by Crippen LogP contribution is -2.26. The molecule has 0 bridgehead atoms. The summed E-state index contributed by atoms with van der Waals surface area (Å²) in [5.41, 5.74) is 0.910. The zero-order chi connectivity index (χ0) is 15.5. The van der Waals surface area contributed by atoms with E-state index in [0.717, 1.165) is 42.0 Å². The molecule has 116 valence electrons. The van der Waals surface area contributed by atoms with Crippen molar-refractivity contribution < 1.29 is 0 Å². The molecule has 4 rings (SSSR count). The molecule has 1 saturated heterocycles. The van der Waals surface area contributed by atoms with Crippen molar-refractivity contribution in [3.63, 3.8) is 0 Å². The summed E-state index contributed by atoms with van der Waals surface area (Å²) in [6.45, 7) is 0.919. The predicted octanol–water partition coefficient (Wildman–Crippen LogP) is 2.81. The van der Waals surface area contributed by atoms with Gasteiger partial charge in [0.2, 0.25) is 5.95 Å². The molecule has 1 fully saturated rings. The number of rotatable bonds is 4. The summed E-state index contributed by atoms with van der Waals surface area (Å²) in [6.07, 6.45) is 10.8. The second kappa shape index (κ2) is 6.25. The first-order chi connectivity index (χ1) is 11.4. The van der Waals surface area contributed by atoms with Gasteiger partial charge >= 0.3 is 0 Å². The van der Waals surface area contributed by atoms with Crippen molar-refractivity contribution in [1.29, 1.82) is 0 Å². The molecule has 1 aliphatic rings. The molecule has 0 aromatic carbocycles. The maximum Gasteiger partial charge on any atom is 0.225 e. The number of aromatic nitrogens is 5. The Hall–Kier alpha value is -2.61. The molecule has 1 N–H and O–H groups in total. The van der Waals surface area contributed by atoms with Gasteiger partial charge in [0, 0.05) is 42.9 Å². The summed E-state index contributed by atoms with van der Waals surface area (Å²) in [4.78, 5) is 24.2. The van der Waals surface area contributed by atoms with Crippen LogP contribution in [-0.2, 0) is 0 Å². The topological polar surface area (TPSA) is 79.7 Å². The lowest BCUT2D eigenvalue weighted by atomic mass is 10.1. The van der Waals surface area contributed by atoms with Gasteiger partial charge in [-0.05, 0) is 18.9 Å². The second-order valence-corrected chi connectivity index (χ2v) is 6.05. The Morgan fingerprint density at radius 3 is 2.70 bits per heavy atom. The minimum absolute atomic E-state index is 0.119. The Morgan fingerprint density at radius 1 is 1.00 bits per heavy atom. The summed E-state index contributed by atoms with van der Waals surface area (Å²) < 4.78 is 0. The molecule has 23 heavy (non-hydrogen) atoms. The summed E-state index contributed by atoms with van der Waals surface area (Å²) in [7, 11) is 0. The van der Waals surface area contributed by atoms with Gasteiger partial charge in [0.25, 0.3) is 0 Å². The van der Waals surface area contributed by atoms with Crippen LogP contribution in [0.25, 0.3) is 0 Å². The molecule has 4 heterocycles. The first kappa shape index (κ1) is 14.0. The van der Waals surface area contributed by atoms with Crippen molar-refractivity contribution in [2.75, 3.05) is 16.8 Å². The van der Waals surface area contributed by atoms with Crippen LogP contribution in [0.4, 0.5) is 16.9 Å². The van der Waals surface area contributed by atoms with E-state index in [-0.39, 0.29) is 6.04 Å².